The molecule has 0 amide bonds. The highest BCUT2D eigenvalue weighted by atomic mass is 16.5. The van der Waals surface area contributed by atoms with Gasteiger partial charge >= 0.3 is 0 Å². The molecule has 0 spiro atoms. The van der Waals surface area contributed by atoms with Gasteiger partial charge in [0.2, 0.25) is 16.9 Å². The fraction of sp³-hybridized carbons (Fsp3) is 0.476. The minimum absolute atomic E-state index is 0.0729. The quantitative estimate of drug-likeness (QED) is 0.840. The van der Waals surface area contributed by atoms with Crippen LogP contribution in [0.4, 0.5) is 0 Å². The highest BCUT2D eigenvalue weighted by molar-refractivity contribution is 5.70. The number of phenols is 1. The molecule has 4 fully saturated rings. The molecule has 6 rings (SSSR count). The Morgan fingerprint density at radius 2 is 1.67 bits per heavy atom. The van der Waals surface area contributed by atoms with Gasteiger partial charge in [-0.3, -0.25) is 4.79 Å². The van der Waals surface area contributed by atoms with Crippen LogP contribution in [0, 0.1) is 29.6 Å². The van der Waals surface area contributed by atoms with Crippen molar-refractivity contribution in [3.8, 4) is 34.3 Å². The maximum Gasteiger partial charge on any atom is 0.227 e. The largest absolute Gasteiger partial charge is 0.502 e. The average molecular weight is 370 g/mol. The van der Waals surface area contributed by atoms with E-state index in [1.54, 1.807) is 0 Å². The van der Waals surface area contributed by atoms with E-state index in [1.807, 2.05) is 0 Å². The number of hydrogen-bond donors (Lipinski definition) is 2. The third-order valence-corrected chi connectivity index (χ3v) is 6.63. The van der Waals surface area contributed by atoms with Crippen molar-refractivity contribution in [3.63, 3.8) is 0 Å². The molecule has 6 heteroatoms. The van der Waals surface area contributed by atoms with Crippen LogP contribution in [0.5, 0.6) is 23.0 Å². The SMILES string of the molecule is COc1cc(-c2oc(CC3CCC4C5C3C45)cc(=O)c2O)cc(OC)c1O. The molecule has 2 bridgehead atoms. The second-order valence-electron chi connectivity index (χ2n) is 7.92. The molecule has 0 radical (unpaired) electrons. The number of methoxy groups -OCH3 is 2. The Labute approximate surface area is 156 Å². The molecule has 142 valence electrons. The molecular formula is C21H22O6. The number of aromatic hydroxyl groups is 2. The Kier molecular flexibility index (Phi) is 3.48. The highest BCUT2D eigenvalue weighted by Gasteiger charge is 2.76. The van der Waals surface area contributed by atoms with Gasteiger partial charge in [-0.15, -0.1) is 0 Å². The summed E-state index contributed by atoms with van der Waals surface area (Å²) in [4.78, 5) is 12.3. The molecule has 0 aliphatic heterocycles. The van der Waals surface area contributed by atoms with Gasteiger partial charge in [-0.25, -0.2) is 0 Å². The van der Waals surface area contributed by atoms with E-state index in [9.17, 15) is 15.0 Å². The lowest BCUT2D eigenvalue weighted by molar-refractivity contribution is 0.218. The zero-order valence-corrected chi connectivity index (χ0v) is 15.3. The minimum Gasteiger partial charge on any atom is -0.502 e. The molecule has 4 saturated carbocycles. The van der Waals surface area contributed by atoms with E-state index in [2.05, 4.69) is 0 Å². The maximum absolute atomic E-state index is 12.3. The number of phenolic OH excluding ortho intramolecular Hbond substituents is 1. The predicted molar refractivity (Wildman–Crippen MR) is 97.2 cm³/mol. The van der Waals surface area contributed by atoms with Crippen molar-refractivity contribution in [2.24, 2.45) is 29.6 Å². The Morgan fingerprint density at radius 3 is 2.26 bits per heavy atom. The van der Waals surface area contributed by atoms with Crippen molar-refractivity contribution in [1.82, 2.24) is 0 Å². The van der Waals surface area contributed by atoms with Crippen LogP contribution in [0.3, 0.4) is 0 Å². The molecule has 1 heterocycles. The van der Waals surface area contributed by atoms with E-state index in [0.29, 0.717) is 17.2 Å². The van der Waals surface area contributed by atoms with Gasteiger partial charge in [0, 0.05) is 18.1 Å². The lowest BCUT2D eigenvalue weighted by Gasteiger charge is -2.28. The number of benzene rings is 1. The Bertz CT molecular complexity index is 942. The summed E-state index contributed by atoms with van der Waals surface area (Å²) in [5, 5.41) is 20.4. The summed E-state index contributed by atoms with van der Waals surface area (Å²) in [6.07, 6.45) is 3.19. The minimum atomic E-state index is -0.466. The Hall–Kier alpha value is -2.63. The smallest absolute Gasteiger partial charge is 0.227 e. The summed E-state index contributed by atoms with van der Waals surface area (Å²) in [5.41, 5.74) is -0.0529. The van der Waals surface area contributed by atoms with E-state index in [1.165, 1.54) is 45.3 Å². The summed E-state index contributed by atoms with van der Waals surface area (Å²) in [6, 6.07) is 4.43. The zero-order chi connectivity index (χ0) is 18.9. The summed E-state index contributed by atoms with van der Waals surface area (Å²) >= 11 is 0. The third-order valence-electron chi connectivity index (χ3n) is 6.63. The molecule has 1 aromatic heterocycles. The first kappa shape index (κ1) is 16.5. The van der Waals surface area contributed by atoms with Crippen LogP contribution in [0.2, 0.25) is 0 Å². The van der Waals surface area contributed by atoms with Gasteiger partial charge in [0.25, 0.3) is 0 Å². The molecule has 6 nitrogen and oxygen atoms in total. The summed E-state index contributed by atoms with van der Waals surface area (Å²) in [6.45, 7) is 0. The fourth-order valence-corrected chi connectivity index (χ4v) is 5.20. The normalized spacial score (nSPS) is 29.8. The van der Waals surface area contributed by atoms with E-state index >= 15 is 0 Å². The lowest BCUT2D eigenvalue weighted by atomic mass is 9.77. The van der Waals surface area contributed by atoms with E-state index in [0.717, 1.165) is 30.1 Å². The van der Waals surface area contributed by atoms with Crippen LogP contribution in [-0.2, 0) is 6.42 Å². The average Bonchev–Trinajstić information content (AvgIpc) is 3.57. The van der Waals surface area contributed by atoms with Gasteiger partial charge in [0.05, 0.1) is 14.2 Å². The van der Waals surface area contributed by atoms with E-state index in [4.69, 9.17) is 13.9 Å². The first-order valence-electron chi connectivity index (χ1n) is 9.34. The zero-order valence-electron chi connectivity index (χ0n) is 15.3. The van der Waals surface area contributed by atoms with Crippen molar-refractivity contribution in [3.05, 3.63) is 34.2 Å². The third kappa shape index (κ3) is 2.42. The first-order chi connectivity index (χ1) is 13.0. The molecule has 4 aliphatic carbocycles. The van der Waals surface area contributed by atoms with Crippen molar-refractivity contribution in [2.75, 3.05) is 14.2 Å². The van der Waals surface area contributed by atoms with Crippen LogP contribution in [0.25, 0.3) is 11.3 Å². The molecular weight excluding hydrogens is 348 g/mol. The molecule has 27 heavy (non-hydrogen) atoms. The Morgan fingerprint density at radius 1 is 1.00 bits per heavy atom. The predicted octanol–water partition coefficient (Wildman–Crippen LogP) is 3.18. The topological polar surface area (TPSA) is 89.1 Å². The monoisotopic (exact) mass is 370 g/mol. The van der Waals surface area contributed by atoms with Crippen LogP contribution >= 0.6 is 0 Å². The van der Waals surface area contributed by atoms with Crippen LogP contribution < -0.4 is 14.9 Å². The van der Waals surface area contributed by atoms with Gasteiger partial charge in [-0.2, -0.15) is 0 Å². The standard InChI is InChI=1S/C21H22O6/c1-25-14-6-10(7-15(26-2)20(14)24)21-19(23)13(22)8-11(27-21)5-9-3-4-12-17-16(9)18(12)17/h6-9,12,16-18,23-24H,3-5H2,1-2H3. The second kappa shape index (κ2) is 5.68. The fourth-order valence-electron chi connectivity index (χ4n) is 5.20. The molecule has 3 unspecified atom stereocenters. The molecule has 4 aliphatic rings. The van der Waals surface area contributed by atoms with Crippen LogP contribution in [0.1, 0.15) is 18.6 Å². The highest BCUT2D eigenvalue weighted by Crippen LogP contribution is 2.80. The number of fused-ring (bicyclic) bond motifs is 2. The molecule has 2 N–H and O–H groups in total. The van der Waals surface area contributed by atoms with Crippen molar-refractivity contribution < 1.29 is 24.1 Å². The molecule has 0 saturated heterocycles. The van der Waals surface area contributed by atoms with Gasteiger partial charge in [0.15, 0.2) is 17.3 Å². The van der Waals surface area contributed by atoms with Crippen molar-refractivity contribution >= 4 is 0 Å². The first-order valence-corrected chi connectivity index (χ1v) is 9.34. The van der Waals surface area contributed by atoms with Crippen LogP contribution in [-0.4, -0.2) is 24.4 Å². The number of rotatable bonds is 5. The molecule has 3 atom stereocenters. The Balaban J connectivity index is 1.52. The summed E-state index contributed by atoms with van der Waals surface area (Å²) in [7, 11) is 2.84. The number of ether oxygens (including phenoxy) is 2. The lowest BCUT2D eigenvalue weighted by Crippen LogP contribution is -2.22. The van der Waals surface area contributed by atoms with E-state index in [-0.39, 0.29) is 23.0 Å². The molecule has 1 aromatic carbocycles. The number of hydrogen-bond acceptors (Lipinski definition) is 6. The van der Waals surface area contributed by atoms with Crippen molar-refractivity contribution in [1.29, 1.82) is 0 Å². The molecule has 2 aromatic rings. The van der Waals surface area contributed by atoms with Gasteiger partial charge in [-0.1, -0.05) is 0 Å². The maximum atomic E-state index is 12.3. The second-order valence-corrected chi connectivity index (χ2v) is 7.92. The van der Waals surface area contributed by atoms with Gasteiger partial charge in [-0.05, 0) is 54.6 Å². The van der Waals surface area contributed by atoms with Crippen LogP contribution in [0.15, 0.2) is 27.4 Å². The summed E-state index contributed by atoms with van der Waals surface area (Å²) < 4.78 is 16.3. The van der Waals surface area contributed by atoms with Gasteiger partial charge < -0.3 is 24.1 Å². The van der Waals surface area contributed by atoms with Gasteiger partial charge in [0.1, 0.15) is 5.76 Å². The summed E-state index contributed by atoms with van der Waals surface area (Å²) in [5.74, 6) is 4.62. The van der Waals surface area contributed by atoms with E-state index < -0.39 is 11.2 Å². The van der Waals surface area contributed by atoms with Crippen molar-refractivity contribution in [2.45, 2.75) is 19.3 Å².